The summed E-state index contributed by atoms with van der Waals surface area (Å²) in [6, 6.07) is 11.7. The van der Waals surface area contributed by atoms with Crippen molar-refractivity contribution in [3.05, 3.63) is 58.8 Å². The number of para-hydroxylation sites is 1. The molecule has 5 heteroatoms. The molecule has 3 rings (SSSR count). The number of nitrogens with zero attached hydrogens (tertiary/aromatic N) is 2. The van der Waals surface area contributed by atoms with Crippen LogP contribution in [-0.2, 0) is 6.42 Å². The lowest BCUT2D eigenvalue weighted by Gasteiger charge is -2.13. The zero-order valence-electron chi connectivity index (χ0n) is 15.6. The number of aryl methyl sites for hydroxylation is 3. The first-order valence-corrected chi connectivity index (χ1v) is 8.84. The van der Waals surface area contributed by atoms with E-state index in [4.69, 9.17) is 4.74 Å². The molecule has 0 spiro atoms. The van der Waals surface area contributed by atoms with E-state index in [9.17, 15) is 4.79 Å². The summed E-state index contributed by atoms with van der Waals surface area (Å²) in [5.74, 6) is -0.0586. The predicted molar refractivity (Wildman–Crippen MR) is 104 cm³/mol. The maximum absolute atomic E-state index is 12.9. The Balaban J connectivity index is 2.05. The average Bonchev–Trinajstić information content (AvgIpc) is 2.63. The van der Waals surface area contributed by atoms with Crippen LogP contribution in [0.1, 0.15) is 41.0 Å². The Kier molecular flexibility index (Phi) is 5.16. The average molecular weight is 349 g/mol. The van der Waals surface area contributed by atoms with Crippen LogP contribution in [0.4, 0.5) is 5.69 Å². The smallest absolute Gasteiger partial charge is 0.279 e. The van der Waals surface area contributed by atoms with Gasteiger partial charge in [0.15, 0.2) is 5.69 Å². The van der Waals surface area contributed by atoms with E-state index >= 15 is 0 Å². The Morgan fingerprint density at radius 1 is 1.04 bits per heavy atom. The summed E-state index contributed by atoms with van der Waals surface area (Å²) >= 11 is 0. The molecule has 1 N–H and O–H groups in total. The molecule has 0 aliphatic carbocycles. The molecule has 1 amide bonds. The second-order valence-corrected chi connectivity index (χ2v) is 6.20. The van der Waals surface area contributed by atoms with Gasteiger partial charge < -0.3 is 10.1 Å². The van der Waals surface area contributed by atoms with Crippen molar-refractivity contribution in [1.82, 2.24) is 9.97 Å². The molecule has 5 nitrogen and oxygen atoms in total. The quantitative estimate of drug-likeness (QED) is 0.738. The van der Waals surface area contributed by atoms with Crippen molar-refractivity contribution < 1.29 is 9.53 Å². The minimum Gasteiger partial charge on any atom is -0.476 e. The lowest BCUT2D eigenvalue weighted by Crippen LogP contribution is -2.17. The van der Waals surface area contributed by atoms with Crippen molar-refractivity contribution in [3.63, 3.8) is 0 Å². The minimum atomic E-state index is -0.318. The Bertz CT molecular complexity index is 967. The third-order valence-corrected chi connectivity index (χ3v) is 4.39. The van der Waals surface area contributed by atoms with Gasteiger partial charge in [0.2, 0.25) is 5.88 Å². The molecule has 1 aromatic heterocycles. The molecule has 0 unspecified atom stereocenters. The number of nitrogens with one attached hydrogen (secondary N) is 1. The highest BCUT2D eigenvalue weighted by molar-refractivity contribution is 6.05. The summed E-state index contributed by atoms with van der Waals surface area (Å²) in [5.41, 5.74) is 5.70. The SMILES string of the molecule is CCOc1nc2cc(C)c(C)cc2nc1C(=O)Nc1ccccc1CC. The maximum atomic E-state index is 12.9. The van der Waals surface area contributed by atoms with E-state index in [1.165, 1.54) is 0 Å². The number of aromatic nitrogens is 2. The summed E-state index contributed by atoms with van der Waals surface area (Å²) < 4.78 is 5.60. The van der Waals surface area contributed by atoms with Crippen molar-refractivity contribution in [2.24, 2.45) is 0 Å². The number of ether oxygens (including phenoxy) is 1. The minimum absolute atomic E-state index is 0.202. The highest BCUT2D eigenvalue weighted by atomic mass is 16.5. The molecule has 0 aliphatic rings. The first kappa shape index (κ1) is 17.9. The Morgan fingerprint density at radius 2 is 1.69 bits per heavy atom. The normalized spacial score (nSPS) is 10.8. The molecule has 0 fully saturated rings. The number of rotatable bonds is 5. The molecule has 0 bridgehead atoms. The molecule has 0 saturated heterocycles. The van der Waals surface area contributed by atoms with E-state index in [1.807, 2.05) is 57.2 Å². The molecule has 0 saturated carbocycles. The molecule has 2 aromatic carbocycles. The summed E-state index contributed by atoms with van der Waals surface area (Å²) in [6.45, 7) is 8.37. The number of hydrogen-bond donors (Lipinski definition) is 1. The molecular formula is C21H23N3O2. The predicted octanol–water partition coefficient (Wildman–Crippen LogP) is 4.46. The Morgan fingerprint density at radius 3 is 2.35 bits per heavy atom. The van der Waals surface area contributed by atoms with Crippen LogP contribution >= 0.6 is 0 Å². The first-order valence-electron chi connectivity index (χ1n) is 8.84. The van der Waals surface area contributed by atoms with Gasteiger partial charge in [-0.25, -0.2) is 9.97 Å². The molecule has 26 heavy (non-hydrogen) atoms. The summed E-state index contributed by atoms with van der Waals surface area (Å²) in [4.78, 5) is 22.0. The van der Waals surface area contributed by atoms with Gasteiger partial charge in [-0.3, -0.25) is 4.79 Å². The third-order valence-electron chi connectivity index (χ3n) is 4.39. The van der Waals surface area contributed by atoms with E-state index in [-0.39, 0.29) is 17.5 Å². The fourth-order valence-electron chi connectivity index (χ4n) is 2.81. The van der Waals surface area contributed by atoms with E-state index in [2.05, 4.69) is 22.2 Å². The monoisotopic (exact) mass is 349 g/mol. The molecule has 0 atom stereocenters. The van der Waals surface area contributed by atoms with Crippen LogP contribution in [-0.4, -0.2) is 22.5 Å². The fourth-order valence-corrected chi connectivity index (χ4v) is 2.81. The van der Waals surface area contributed by atoms with Gasteiger partial charge in [0.1, 0.15) is 0 Å². The van der Waals surface area contributed by atoms with Gasteiger partial charge in [0.25, 0.3) is 5.91 Å². The molecule has 3 aromatic rings. The molecule has 134 valence electrons. The van der Waals surface area contributed by atoms with Gasteiger partial charge in [-0.05, 0) is 62.1 Å². The van der Waals surface area contributed by atoms with Crippen molar-refractivity contribution in [2.75, 3.05) is 11.9 Å². The highest BCUT2D eigenvalue weighted by Crippen LogP contribution is 2.24. The van der Waals surface area contributed by atoms with Crippen molar-refractivity contribution in [3.8, 4) is 5.88 Å². The van der Waals surface area contributed by atoms with Crippen LogP contribution < -0.4 is 10.1 Å². The largest absolute Gasteiger partial charge is 0.476 e. The zero-order chi connectivity index (χ0) is 18.7. The summed E-state index contributed by atoms with van der Waals surface area (Å²) in [7, 11) is 0. The highest BCUT2D eigenvalue weighted by Gasteiger charge is 2.19. The second kappa shape index (κ2) is 7.52. The van der Waals surface area contributed by atoms with Crippen LogP contribution in [0.15, 0.2) is 36.4 Å². The van der Waals surface area contributed by atoms with Crippen LogP contribution in [0.25, 0.3) is 11.0 Å². The van der Waals surface area contributed by atoms with Crippen molar-refractivity contribution >= 4 is 22.6 Å². The second-order valence-electron chi connectivity index (χ2n) is 6.20. The van der Waals surface area contributed by atoms with Crippen LogP contribution in [0.5, 0.6) is 5.88 Å². The lowest BCUT2D eigenvalue weighted by atomic mass is 10.1. The third kappa shape index (κ3) is 3.52. The van der Waals surface area contributed by atoms with Crippen LogP contribution in [0.3, 0.4) is 0 Å². The van der Waals surface area contributed by atoms with Gasteiger partial charge >= 0.3 is 0 Å². The fraction of sp³-hybridized carbons (Fsp3) is 0.286. The van der Waals surface area contributed by atoms with Crippen LogP contribution in [0, 0.1) is 13.8 Å². The molecular weight excluding hydrogens is 326 g/mol. The van der Waals surface area contributed by atoms with Crippen molar-refractivity contribution in [2.45, 2.75) is 34.1 Å². The molecule has 0 radical (unpaired) electrons. The number of anilines is 1. The van der Waals surface area contributed by atoms with Crippen molar-refractivity contribution in [1.29, 1.82) is 0 Å². The molecule has 0 aliphatic heterocycles. The Hall–Kier alpha value is -2.95. The standard InChI is InChI=1S/C21H23N3O2/c1-5-15-9-7-8-10-16(15)23-20(25)19-21(26-6-2)24-18-12-14(4)13(3)11-17(18)22-19/h7-12H,5-6H2,1-4H3,(H,23,25). The van der Waals surface area contributed by atoms with E-state index in [0.717, 1.165) is 34.3 Å². The number of hydrogen-bond acceptors (Lipinski definition) is 4. The number of fused-ring (bicyclic) bond motifs is 1. The molecule has 1 heterocycles. The van der Waals surface area contributed by atoms with E-state index in [0.29, 0.717) is 12.1 Å². The summed E-state index contributed by atoms with van der Waals surface area (Å²) in [6.07, 6.45) is 0.830. The number of carbonyl (C=O) groups is 1. The van der Waals surface area contributed by atoms with Gasteiger partial charge in [-0.15, -0.1) is 0 Å². The number of benzene rings is 2. The van der Waals surface area contributed by atoms with Gasteiger partial charge in [0, 0.05) is 5.69 Å². The van der Waals surface area contributed by atoms with Gasteiger partial charge in [0.05, 0.1) is 17.6 Å². The van der Waals surface area contributed by atoms with Gasteiger partial charge in [-0.1, -0.05) is 25.1 Å². The number of amides is 1. The summed E-state index contributed by atoms with van der Waals surface area (Å²) in [5, 5.41) is 2.95. The zero-order valence-corrected chi connectivity index (χ0v) is 15.6. The van der Waals surface area contributed by atoms with Gasteiger partial charge in [-0.2, -0.15) is 0 Å². The maximum Gasteiger partial charge on any atom is 0.279 e. The Labute approximate surface area is 153 Å². The first-order chi connectivity index (χ1) is 12.5. The van der Waals surface area contributed by atoms with E-state index in [1.54, 1.807) is 0 Å². The topological polar surface area (TPSA) is 64.1 Å². The van der Waals surface area contributed by atoms with Crippen LogP contribution in [0.2, 0.25) is 0 Å². The lowest BCUT2D eigenvalue weighted by molar-refractivity contribution is 0.101. The van der Waals surface area contributed by atoms with E-state index < -0.39 is 0 Å². The number of carbonyl (C=O) groups excluding carboxylic acids is 1.